The maximum absolute atomic E-state index is 13.2. The fourth-order valence-corrected chi connectivity index (χ4v) is 4.08. The number of nitrogens with zero attached hydrogens (tertiary/aromatic N) is 2. The maximum atomic E-state index is 13.2. The van der Waals surface area contributed by atoms with Crippen molar-refractivity contribution in [3.05, 3.63) is 17.8 Å². The van der Waals surface area contributed by atoms with Crippen molar-refractivity contribution >= 4 is 17.6 Å². The molecule has 0 aliphatic carbocycles. The summed E-state index contributed by atoms with van der Waals surface area (Å²) in [4.78, 5) is 32.3. The number of esters is 1. The van der Waals surface area contributed by atoms with Gasteiger partial charge in [-0.05, 0) is 31.9 Å². The zero-order valence-corrected chi connectivity index (χ0v) is 20.9. The van der Waals surface area contributed by atoms with Crippen LogP contribution in [0.15, 0.2) is 12.1 Å². The van der Waals surface area contributed by atoms with E-state index in [1.807, 2.05) is 18.7 Å². The molecule has 0 aromatic carbocycles. The van der Waals surface area contributed by atoms with Crippen LogP contribution in [-0.4, -0.2) is 88.6 Å². The fraction of sp³-hybridized carbons (Fsp3) is 0.708. The smallest absolute Gasteiger partial charge is 0.331 e. The fourth-order valence-electron chi connectivity index (χ4n) is 4.08. The molecule has 2 aliphatic heterocycles. The Kier molecular flexibility index (Phi) is 9.26. The van der Waals surface area contributed by atoms with Crippen LogP contribution in [0, 0.1) is 5.41 Å². The van der Waals surface area contributed by atoms with Crippen molar-refractivity contribution in [3.8, 4) is 5.88 Å². The van der Waals surface area contributed by atoms with Crippen LogP contribution in [0.2, 0.25) is 0 Å². The van der Waals surface area contributed by atoms with Gasteiger partial charge in [-0.3, -0.25) is 4.79 Å². The topological polar surface area (TPSA) is 108 Å². The lowest BCUT2D eigenvalue weighted by Crippen LogP contribution is -2.54. The predicted molar refractivity (Wildman–Crippen MR) is 125 cm³/mol. The number of alkyl halides is 1. The van der Waals surface area contributed by atoms with Gasteiger partial charge in [0.25, 0.3) is 5.91 Å². The van der Waals surface area contributed by atoms with E-state index in [4.69, 9.17) is 23.7 Å². The summed E-state index contributed by atoms with van der Waals surface area (Å²) < 4.78 is 39.5. The first-order chi connectivity index (χ1) is 16.9. The first kappa shape index (κ1) is 27.1. The van der Waals surface area contributed by atoms with Crippen LogP contribution in [0.4, 0.5) is 10.1 Å². The Morgan fingerprint density at radius 3 is 2.49 bits per heavy atom. The van der Waals surface area contributed by atoms with Gasteiger partial charge in [-0.15, -0.1) is 0 Å². The molecule has 2 saturated heterocycles. The number of hydrogen-bond acceptors (Lipinski definition) is 9. The Morgan fingerprint density at radius 2 is 1.94 bits per heavy atom. The lowest BCUT2D eigenvalue weighted by atomic mass is 9.88. The molecule has 0 saturated carbocycles. The van der Waals surface area contributed by atoms with Gasteiger partial charge in [0, 0.05) is 20.2 Å². The molecule has 2 fully saturated rings. The van der Waals surface area contributed by atoms with E-state index in [1.54, 1.807) is 26.2 Å². The van der Waals surface area contributed by atoms with Gasteiger partial charge in [-0.25, -0.2) is 14.2 Å². The third-order valence-electron chi connectivity index (χ3n) is 6.64. The van der Waals surface area contributed by atoms with E-state index in [2.05, 4.69) is 10.3 Å². The highest BCUT2D eigenvalue weighted by Crippen LogP contribution is 2.34. The minimum absolute atomic E-state index is 0.106. The number of carbonyl (C=O) groups is 2. The molecule has 2 aliphatic rings. The van der Waals surface area contributed by atoms with E-state index < -0.39 is 29.7 Å². The van der Waals surface area contributed by atoms with Crippen LogP contribution >= 0.6 is 0 Å². The van der Waals surface area contributed by atoms with Crippen molar-refractivity contribution < 1.29 is 37.7 Å². The normalized spacial score (nSPS) is 17.3. The molecular weight excluding hydrogens is 461 g/mol. The quantitative estimate of drug-likeness (QED) is 0.387. The van der Waals surface area contributed by atoms with Gasteiger partial charge in [-0.2, -0.15) is 0 Å². The Bertz CT molecular complexity index is 871. The molecular formula is C24H36FN3O7. The Balaban J connectivity index is 1.82. The number of methoxy groups -OCH3 is 1. The second kappa shape index (κ2) is 12.0. The number of hydrogen-bond donors (Lipinski definition) is 1. The molecule has 196 valence electrons. The van der Waals surface area contributed by atoms with Crippen molar-refractivity contribution in [3.63, 3.8) is 0 Å². The largest absolute Gasteiger partial charge is 0.475 e. The second-order valence-electron chi connectivity index (χ2n) is 8.99. The summed E-state index contributed by atoms with van der Waals surface area (Å²) in [6, 6.07) is 3.38. The number of nitrogens with one attached hydrogen (secondary N) is 1. The lowest BCUT2D eigenvalue weighted by Gasteiger charge is -2.42. The molecule has 3 heterocycles. The lowest BCUT2D eigenvalue weighted by molar-refractivity contribution is -0.171. The zero-order valence-electron chi connectivity index (χ0n) is 20.9. The first-order valence-electron chi connectivity index (χ1n) is 12.0. The summed E-state index contributed by atoms with van der Waals surface area (Å²) in [5.74, 6) is -0.704. The van der Waals surface area contributed by atoms with Crippen molar-refractivity contribution in [2.45, 2.75) is 45.3 Å². The molecule has 0 unspecified atom stereocenters. The highest BCUT2D eigenvalue weighted by atomic mass is 19.1. The molecule has 1 aromatic rings. The number of aromatic nitrogens is 1. The average molecular weight is 498 g/mol. The average Bonchev–Trinajstić information content (AvgIpc) is 2.81. The number of halogens is 1. The highest BCUT2D eigenvalue weighted by molar-refractivity contribution is 5.97. The minimum atomic E-state index is -1.14. The van der Waals surface area contributed by atoms with Crippen LogP contribution in [0.3, 0.4) is 0 Å². The third-order valence-corrected chi connectivity index (χ3v) is 6.64. The number of ether oxygens (including phenoxy) is 5. The molecule has 1 aromatic heterocycles. The van der Waals surface area contributed by atoms with Crippen molar-refractivity contribution in [2.24, 2.45) is 5.41 Å². The van der Waals surface area contributed by atoms with Gasteiger partial charge >= 0.3 is 5.97 Å². The molecule has 0 bridgehead atoms. The Hall–Kier alpha value is -2.50. The van der Waals surface area contributed by atoms with Gasteiger partial charge < -0.3 is 33.9 Å². The summed E-state index contributed by atoms with van der Waals surface area (Å²) >= 11 is 0. The summed E-state index contributed by atoms with van der Waals surface area (Å²) in [6.07, 6.45) is 0.854. The predicted octanol–water partition coefficient (Wildman–Crippen LogP) is 2.11. The number of pyridine rings is 1. The van der Waals surface area contributed by atoms with Crippen LogP contribution in [0.1, 0.15) is 44.1 Å². The molecule has 35 heavy (non-hydrogen) atoms. The maximum Gasteiger partial charge on any atom is 0.331 e. The zero-order chi connectivity index (χ0) is 25.5. The van der Waals surface area contributed by atoms with Crippen molar-refractivity contribution in [1.29, 1.82) is 0 Å². The van der Waals surface area contributed by atoms with Crippen LogP contribution in [0.5, 0.6) is 5.88 Å². The number of carbonyl (C=O) groups excluding carboxylic acids is 2. The summed E-state index contributed by atoms with van der Waals surface area (Å²) in [7, 11) is 1.66. The van der Waals surface area contributed by atoms with Crippen molar-refractivity contribution in [2.75, 3.05) is 65.0 Å². The highest BCUT2D eigenvalue weighted by Gasteiger charge is 2.41. The number of rotatable bonds is 14. The Labute approximate surface area is 205 Å². The number of anilines is 1. The summed E-state index contributed by atoms with van der Waals surface area (Å²) in [5.41, 5.74) is -0.785. The van der Waals surface area contributed by atoms with E-state index >= 15 is 0 Å². The van der Waals surface area contributed by atoms with E-state index in [0.29, 0.717) is 39.1 Å². The second-order valence-corrected chi connectivity index (χ2v) is 8.99. The molecule has 0 atom stereocenters. The molecule has 0 spiro atoms. The molecule has 0 radical (unpaired) electrons. The summed E-state index contributed by atoms with van der Waals surface area (Å²) in [6.45, 7) is 7.14. The van der Waals surface area contributed by atoms with Gasteiger partial charge in [0.15, 0.2) is 6.86 Å². The SMILES string of the molecule is CCOC(=O)C(CC)(CC)NC(=O)c1ccc(N2CC(OC)C2)c(OCC2(COCF)COC2)n1. The van der Waals surface area contributed by atoms with Crippen molar-refractivity contribution in [1.82, 2.24) is 10.3 Å². The van der Waals surface area contributed by atoms with E-state index in [0.717, 1.165) is 5.69 Å². The molecule has 1 N–H and O–H groups in total. The number of amides is 1. The van der Waals surface area contributed by atoms with Crippen LogP contribution < -0.4 is 15.0 Å². The van der Waals surface area contributed by atoms with E-state index in [-0.39, 0.29) is 37.5 Å². The first-order valence-corrected chi connectivity index (χ1v) is 12.0. The minimum Gasteiger partial charge on any atom is -0.475 e. The molecule has 1 amide bonds. The molecule has 3 rings (SSSR count). The molecule has 11 heteroatoms. The van der Waals surface area contributed by atoms with Gasteiger partial charge in [0.05, 0.1) is 37.9 Å². The van der Waals surface area contributed by atoms with E-state index in [1.165, 1.54) is 0 Å². The summed E-state index contributed by atoms with van der Waals surface area (Å²) in [5, 5.41) is 2.83. The van der Waals surface area contributed by atoms with Gasteiger partial charge in [-0.1, -0.05) is 13.8 Å². The Morgan fingerprint density at radius 1 is 1.23 bits per heavy atom. The van der Waals surface area contributed by atoms with Gasteiger partial charge in [0.1, 0.15) is 23.5 Å². The van der Waals surface area contributed by atoms with Gasteiger partial charge in [0.2, 0.25) is 5.88 Å². The monoisotopic (exact) mass is 497 g/mol. The standard InChI is InChI=1S/C24H36FN3O7/c1-5-24(6-2,22(30)34-7-3)27-20(29)18-8-9-19(28-10-17(11-28)31-4)21(26-18)35-15-23(12-32-13-23)14-33-16-25/h8-9,17H,5-7,10-16H2,1-4H3,(H,27,29). The van der Waals surface area contributed by atoms with Crippen LogP contribution in [-0.2, 0) is 23.7 Å². The molecule has 10 nitrogen and oxygen atoms in total. The van der Waals surface area contributed by atoms with E-state index in [9.17, 15) is 14.0 Å². The third kappa shape index (κ3) is 6.02. The van der Waals surface area contributed by atoms with Crippen LogP contribution in [0.25, 0.3) is 0 Å².